The van der Waals surface area contributed by atoms with Crippen molar-refractivity contribution in [3.05, 3.63) is 34.9 Å². The number of halogens is 4. The van der Waals surface area contributed by atoms with Crippen molar-refractivity contribution in [2.75, 3.05) is 11.9 Å². The molecule has 1 unspecified atom stereocenters. The number of nitrogens with zero attached hydrogens (tertiary/aromatic N) is 1. The standard InChI is InChI=1S/C12H10BrF3N2O/c13-8-4-7-2-1-3-9(11(7)18-5-8)17-6-10(19)12(14,15)16/h1-5,10,17,19H,6H2. The number of pyridine rings is 1. The molecule has 0 aliphatic heterocycles. The molecule has 1 heterocycles. The van der Waals surface area contributed by atoms with Crippen LogP contribution in [0, 0.1) is 0 Å². The van der Waals surface area contributed by atoms with Crippen LogP contribution in [-0.2, 0) is 0 Å². The number of anilines is 1. The number of hydrogen-bond acceptors (Lipinski definition) is 3. The van der Waals surface area contributed by atoms with E-state index in [2.05, 4.69) is 26.2 Å². The Kier molecular flexibility index (Phi) is 3.96. The van der Waals surface area contributed by atoms with Crippen molar-refractivity contribution in [2.45, 2.75) is 12.3 Å². The zero-order chi connectivity index (χ0) is 14.0. The van der Waals surface area contributed by atoms with Crippen LogP contribution in [0.4, 0.5) is 18.9 Å². The van der Waals surface area contributed by atoms with Gasteiger partial charge in [-0.05, 0) is 28.1 Å². The van der Waals surface area contributed by atoms with Crippen LogP contribution in [-0.4, -0.2) is 28.9 Å². The Morgan fingerprint density at radius 1 is 1.37 bits per heavy atom. The van der Waals surface area contributed by atoms with Crippen molar-refractivity contribution in [1.29, 1.82) is 0 Å². The number of benzene rings is 1. The van der Waals surface area contributed by atoms with Crippen molar-refractivity contribution in [3.63, 3.8) is 0 Å². The van der Waals surface area contributed by atoms with Crippen LogP contribution in [0.25, 0.3) is 10.9 Å². The summed E-state index contributed by atoms with van der Waals surface area (Å²) in [6, 6.07) is 6.94. The third kappa shape index (κ3) is 3.36. The van der Waals surface area contributed by atoms with Gasteiger partial charge in [-0.15, -0.1) is 0 Å². The minimum Gasteiger partial charge on any atom is -0.382 e. The summed E-state index contributed by atoms with van der Waals surface area (Å²) < 4.78 is 37.4. The summed E-state index contributed by atoms with van der Waals surface area (Å²) >= 11 is 3.27. The minimum atomic E-state index is -4.63. The van der Waals surface area contributed by atoms with Crippen LogP contribution in [0.1, 0.15) is 0 Å². The van der Waals surface area contributed by atoms with E-state index in [1.807, 2.05) is 6.07 Å². The molecule has 0 saturated heterocycles. The highest BCUT2D eigenvalue weighted by Gasteiger charge is 2.37. The molecule has 0 fully saturated rings. The summed E-state index contributed by atoms with van der Waals surface area (Å²) in [6.45, 7) is -0.611. The highest BCUT2D eigenvalue weighted by molar-refractivity contribution is 9.10. The lowest BCUT2D eigenvalue weighted by atomic mass is 10.2. The quantitative estimate of drug-likeness (QED) is 0.904. The lowest BCUT2D eigenvalue weighted by Gasteiger charge is -2.16. The number of aromatic nitrogens is 1. The number of alkyl halides is 3. The first-order valence-electron chi connectivity index (χ1n) is 5.41. The maximum absolute atomic E-state index is 12.2. The molecule has 0 bridgehead atoms. The van der Waals surface area contributed by atoms with E-state index < -0.39 is 18.8 Å². The van der Waals surface area contributed by atoms with Gasteiger partial charge in [0.1, 0.15) is 0 Å². The van der Waals surface area contributed by atoms with E-state index in [0.29, 0.717) is 11.2 Å². The number of fused-ring (bicyclic) bond motifs is 1. The van der Waals surface area contributed by atoms with E-state index in [0.717, 1.165) is 9.86 Å². The first kappa shape index (κ1) is 14.1. The van der Waals surface area contributed by atoms with E-state index in [-0.39, 0.29) is 0 Å². The van der Waals surface area contributed by atoms with E-state index in [9.17, 15) is 13.2 Å². The number of para-hydroxylation sites is 1. The molecule has 0 aliphatic rings. The van der Waals surface area contributed by atoms with Crippen molar-refractivity contribution in [1.82, 2.24) is 4.98 Å². The number of nitrogens with one attached hydrogen (secondary N) is 1. The molecular weight excluding hydrogens is 325 g/mol. The fourth-order valence-corrected chi connectivity index (χ4v) is 1.95. The van der Waals surface area contributed by atoms with Gasteiger partial charge in [-0.25, -0.2) is 0 Å². The summed E-state index contributed by atoms with van der Waals surface area (Å²) in [5.41, 5.74) is 1.01. The van der Waals surface area contributed by atoms with Crippen molar-refractivity contribution >= 4 is 32.5 Å². The van der Waals surface area contributed by atoms with E-state index in [4.69, 9.17) is 5.11 Å². The second-order valence-electron chi connectivity index (χ2n) is 3.97. The second-order valence-corrected chi connectivity index (χ2v) is 4.88. The topological polar surface area (TPSA) is 45.1 Å². The van der Waals surface area contributed by atoms with Gasteiger partial charge >= 0.3 is 6.18 Å². The van der Waals surface area contributed by atoms with Crippen LogP contribution in [0.3, 0.4) is 0 Å². The summed E-state index contributed by atoms with van der Waals surface area (Å²) in [5.74, 6) is 0. The molecule has 1 aromatic heterocycles. The average molecular weight is 335 g/mol. The van der Waals surface area contributed by atoms with Crippen molar-refractivity contribution in [2.24, 2.45) is 0 Å². The molecule has 0 amide bonds. The molecule has 2 aromatic rings. The SMILES string of the molecule is OC(CNc1cccc2cc(Br)cnc12)C(F)(F)F. The van der Waals surface area contributed by atoms with Gasteiger partial charge in [-0.3, -0.25) is 4.98 Å². The van der Waals surface area contributed by atoms with Crippen LogP contribution in [0.5, 0.6) is 0 Å². The summed E-state index contributed by atoms with van der Waals surface area (Å²) in [7, 11) is 0. The molecule has 2 N–H and O–H groups in total. The smallest absolute Gasteiger partial charge is 0.382 e. The lowest BCUT2D eigenvalue weighted by Crippen LogP contribution is -2.35. The van der Waals surface area contributed by atoms with Crippen LogP contribution in [0.2, 0.25) is 0 Å². The number of aliphatic hydroxyl groups is 1. The van der Waals surface area contributed by atoms with Gasteiger partial charge in [-0.2, -0.15) is 13.2 Å². The Balaban J connectivity index is 2.22. The summed E-state index contributed by atoms with van der Waals surface area (Å²) in [6.07, 6.45) is -5.47. The Morgan fingerprint density at radius 3 is 2.79 bits per heavy atom. The molecule has 102 valence electrons. The second kappa shape index (κ2) is 5.34. The number of aliphatic hydroxyl groups excluding tert-OH is 1. The summed E-state index contributed by atoms with van der Waals surface area (Å²) in [5, 5.41) is 12.3. The minimum absolute atomic E-state index is 0.452. The fourth-order valence-electron chi connectivity index (χ4n) is 1.60. The Hall–Kier alpha value is -1.34. The van der Waals surface area contributed by atoms with Gasteiger partial charge < -0.3 is 10.4 Å². The van der Waals surface area contributed by atoms with E-state index >= 15 is 0 Å². The first-order chi connectivity index (χ1) is 8.88. The normalized spacial score (nSPS) is 13.5. The Bertz CT molecular complexity index is 589. The first-order valence-corrected chi connectivity index (χ1v) is 6.20. The van der Waals surface area contributed by atoms with Crippen LogP contribution < -0.4 is 5.32 Å². The zero-order valence-corrected chi connectivity index (χ0v) is 11.2. The maximum Gasteiger partial charge on any atom is 0.416 e. The number of hydrogen-bond donors (Lipinski definition) is 2. The molecule has 0 spiro atoms. The Labute approximate surface area is 115 Å². The molecule has 0 aliphatic carbocycles. The number of rotatable bonds is 3. The lowest BCUT2D eigenvalue weighted by molar-refractivity contribution is -0.198. The average Bonchev–Trinajstić information content (AvgIpc) is 2.34. The zero-order valence-electron chi connectivity index (χ0n) is 9.58. The van der Waals surface area contributed by atoms with Gasteiger partial charge in [0.25, 0.3) is 0 Å². The fraction of sp³-hybridized carbons (Fsp3) is 0.250. The van der Waals surface area contributed by atoms with Gasteiger partial charge in [0, 0.05) is 22.6 Å². The molecule has 7 heteroatoms. The van der Waals surface area contributed by atoms with Gasteiger partial charge in [-0.1, -0.05) is 12.1 Å². The molecule has 2 rings (SSSR count). The molecule has 1 atom stereocenters. The van der Waals surface area contributed by atoms with Gasteiger partial charge in [0.2, 0.25) is 0 Å². The molecule has 3 nitrogen and oxygen atoms in total. The maximum atomic E-state index is 12.2. The monoisotopic (exact) mass is 334 g/mol. The van der Waals surface area contributed by atoms with Crippen molar-refractivity contribution in [3.8, 4) is 0 Å². The van der Waals surface area contributed by atoms with Crippen LogP contribution >= 0.6 is 15.9 Å². The predicted octanol–water partition coefficient (Wildman–Crippen LogP) is 3.33. The molecule has 1 aromatic carbocycles. The largest absolute Gasteiger partial charge is 0.416 e. The third-order valence-electron chi connectivity index (χ3n) is 2.54. The van der Waals surface area contributed by atoms with E-state index in [1.54, 1.807) is 24.4 Å². The van der Waals surface area contributed by atoms with Gasteiger partial charge in [0.15, 0.2) is 6.10 Å². The molecule has 19 heavy (non-hydrogen) atoms. The highest BCUT2D eigenvalue weighted by Crippen LogP contribution is 2.25. The van der Waals surface area contributed by atoms with Gasteiger partial charge in [0.05, 0.1) is 11.2 Å². The summed E-state index contributed by atoms with van der Waals surface area (Å²) in [4.78, 5) is 4.15. The molecule has 0 radical (unpaired) electrons. The molecular formula is C12H10BrF3N2O. The Morgan fingerprint density at radius 2 is 2.11 bits per heavy atom. The van der Waals surface area contributed by atoms with E-state index in [1.165, 1.54) is 0 Å². The van der Waals surface area contributed by atoms with Crippen molar-refractivity contribution < 1.29 is 18.3 Å². The highest BCUT2D eigenvalue weighted by atomic mass is 79.9. The van der Waals surface area contributed by atoms with Crippen LogP contribution in [0.15, 0.2) is 34.9 Å². The molecule has 0 saturated carbocycles. The predicted molar refractivity (Wildman–Crippen MR) is 70.0 cm³/mol. The third-order valence-corrected chi connectivity index (χ3v) is 2.97.